The summed E-state index contributed by atoms with van der Waals surface area (Å²) in [5.41, 5.74) is 12.8. The summed E-state index contributed by atoms with van der Waals surface area (Å²) in [5, 5.41) is 0. The van der Waals surface area contributed by atoms with Crippen molar-refractivity contribution in [3.8, 4) is 11.1 Å². The Balaban J connectivity index is 1.20. The lowest BCUT2D eigenvalue weighted by Gasteiger charge is -2.40. The molecule has 3 unspecified atom stereocenters. The molecule has 1 aliphatic heterocycles. The summed E-state index contributed by atoms with van der Waals surface area (Å²) in [5.74, 6) is 3.43. The molecule has 3 aromatic heterocycles. The lowest BCUT2D eigenvalue weighted by atomic mass is 9.74. The molecule has 0 radical (unpaired) electrons. The van der Waals surface area contributed by atoms with Crippen LogP contribution in [0.1, 0.15) is 54.1 Å². The van der Waals surface area contributed by atoms with Crippen LogP contribution in [-0.2, 0) is 5.41 Å². The third-order valence-electron chi connectivity index (χ3n) is 9.80. The van der Waals surface area contributed by atoms with Crippen LogP contribution in [0.3, 0.4) is 0 Å². The summed E-state index contributed by atoms with van der Waals surface area (Å²) in [6, 6.07) is 30.6. The fourth-order valence-electron chi connectivity index (χ4n) is 7.62. The molecule has 202 valence electrons. The molecule has 3 atom stereocenters. The molecule has 4 heterocycles. The molecule has 4 nitrogen and oxygen atoms in total. The normalized spacial score (nSPS) is 22.1. The molecule has 42 heavy (non-hydrogen) atoms. The van der Waals surface area contributed by atoms with E-state index in [0.29, 0.717) is 11.8 Å². The fraction of sp³-hybridized carbons (Fsp3) is 0.184. The first-order chi connectivity index (χ1) is 20.6. The predicted molar refractivity (Wildman–Crippen MR) is 168 cm³/mol. The Morgan fingerprint density at radius 2 is 1.57 bits per heavy atom. The molecule has 0 spiro atoms. The lowest BCUT2D eigenvalue weighted by molar-refractivity contribution is 0.627. The Morgan fingerprint density at radius 1 is 0.762 bits per heavy atom. The van der Waals surface area contributed by atoms with Crippen LogP contribution in [0.15, 0.2) is 121 Å². The van der Waals surface area contributed by atoms with Gasteiger partial charge in [-0.1, -0.05) is 62.4 Å². The summed E-state index contributed by atoms with van der Waals surface area (Å²) in [7, 11) is 0. The van der Waals surface area contributed by atoms with Crippen molar-refractivity contribution < 1.29 is 0 Å². The zero-order valence-electron chi connectivity index (χ0n) is 23.7. The largest absolute Gasteiger partial charge is 0.278 e. The van der Waals surface area contributed by atoms with Crippen LogP contribution in [0.4, 0.5) is 17.3 Å². The standard InChI is InChI=1S/C38H30N4/c1-38(2)30-8-7-19-41-37(30)42(34-10-4-6-18-40-34)33-16-13-24(22-31(33)38)23-11-14-27-29(20-23)26-15-12-25-21-28(25)35(26)36(27)32-9-3-5-17-39-32/h3-20,22,25,28,36H,21H2,1-2H3. The van der Waals surface area contributed by atoms with Crippen molar-refractivity contribution in [1.82, 2.24) is 15.0 Å². The number of nitrogens with zero attached hydrogens (tertiary/aromatic N) is 4. The number of rotatable bonds is 3. The van der Waals surface area contributed by atoms with Gasteiger partial charge in [0.25, 0.3) is 0 Å². The van der Waals surface area contributed by atoms with Crippen molar-refractivity contribution in [2.75, 3.05) is 4.90 Å². The third-order valence-corrected chi connectivity index (χ3v) is 9.80. The maximum Gasteiger partial charge on any atom is 0.142 e. The molecule has 9 rings (SSSR count). The van der Waals surface area contributed by atoms with Gasteiger partial charge in [-0.2, -0.15) is 0 Å². The lowest BCUT2D eigenvalue weighted by Crippen LogP contribution is -2.31. The number of allylic oxidation sites excluding steroid dienone is 4. The van der Waals surface area contributed by atoms with E-state index >= 15 is 0 Å². The van der Waals surface area contributed by atoms with Gasteiger partial charge in [0, 0.05) is 35.5 Å². The van der Waals surface area contributed by atoms with Gasteiger partial charge >= 0.3 is 0 Å². The van der Waals surface area contributed by atoms with E-state index < -0.39 is 0 Å². The van der Waals surface area contributed by atoms with Crippen molar-refractivity contribution in [2.24, 2.45) is 11.8 Å². The van der Waals surface area contributed by atoms with Crippen molar-refractivity contribution in [2.45, 2.75) is 31.6 Å². The van der Waals surface area contributed by atoms with Crippen LogP contribution in [0, 0.1) is 11.8 Å². The molecule has 0 amide bonds. The maximum absolute atomic E-state index is 4.84. The third kappa shape index (κ3) is 3.32. The first kappa shape index (κ1) is 23.8. The Hall–Kier alpha value is -4.83. The van der Waals surface area contributed by atoms with Gasteiger partial charge in [-0.3, -0.25) is 9.88 Å². The molecule has 4 aliphatic rings. The molecule has 3 aliphatic carbocycles. The molecular formula is C38H30N4. The summed E-state index contributed by atoms with van der Waals surface area (Å²) in [6.07, 6.45) is 11.7. The first-order valence-electron chi connectivity index (χ1n) is 14.9. The number of aromatic nitrogens is 3. The highest BCUT2D eigenvalue weighted by Gasteiger charge is 2.48. The quantitative estimate of drug-likeness (QED) is 0.229. The monoisotopic (exact) mass is 542 g/mol. The van der Waals surface area contributed by atoms with Gasteiger partial charge in [-0.05, 0) is 106 Å². The highest BCUT2D eigenvalue weighted by atomic mass is 15.2. The predicted octanol–water partition coefficient (Wildman–Crippen LogP) is 8.75. The van der Waals surface area contributed by atoms with Gasteiger partial charge < -0.3 is 0 Å². The van der Waals surface area contributed by atoms with Gasteiger partial charge in [-0.15, -0.1) is 0 Å². The van der Waals surface area contributed by atoms with E-state index in [1.54, 1.807) is 5.57 Å². The van der Waals surface area contributed by atoms with E-state index in [-0.39, 0.29) is 11.3 Å². The molecule has 4 heteroatoms. The minimum absolute atomic E-state index is 0.218. The SMILES string of the molecule is CC1(C)c2cc(-c3ccc4c(c3)C3=C(C4c4ccccn4)C4CC4C=C3)ccc2N(c2ccccn2)c2ncccc21. The Bertz CT molecular complexity index is 1950. The van der Waals surface area contributed by atoms with Gasteiger partial charge in [0.15, 0.2) is 0 Å². The summed E-state index contributed by atoms with van der Waals surface area (Å²) < 4.78 is 0. The highest BCUT2D eigenvalue weighted by molar-refractivity contribution is 5.90. The number of benzene rings is 2. The second-order valence-corrected chi connectivity index (χ2v) is 12.5. The average molecular weight is 543 g/mol. The van der Waals surface area contributed by atoms with Crippen LogP contribution in [0.25, 0.3) is 16.7 Å². The number of pyridine rings is 3. The Morgan fingerprint density at radius 3 is 2.40 bits per heavy atom. The molecule has 0 N–H and O–H groups in total. The summed E-state index contributed by atoms with van der Waals surface area (Å²) >= 11 is 0. The van der Waals surface area contributed by atoms with Gasteiger partial charge in [0.1, 0.15) is 11.6 Å². The van der Waals surface area contributed by atoms with Gasteiger partial charge in [0.05, 0.1) is 11.4 Å². The fourth-order valence-corrected chi connectivity index (χ4v) is 7.62. The van der Waals surface area contributed by atoms with Crippen molar-refractivity contribution >= 4 is 22.9 Å². The summed E-state index contributed by atoms with van der Waals surface area (Å²) in [4.78, 5) is 16.6. The van der Waals surface area contributed by atoms with Gasteiger partial charge in [-0.25, -0.2) is 9.97 Å². The minimum atomic E-state index is -0.218. The number of hydrogen-bond donors (Lipinski definition) is 0. The van der Waals surface area contributed by atoms with E-state index in [1.165, 1.54) is 45.4 Å². The number of anilines is 3. The molecule has 1 saturated carbocycles. The maximum atomic E-state index is 4.84. The number of fused-ring (bicyclic) bond motifs is 6. The molecule has 2 aromatic carbocycles. The van der Waals surface area contributed by atoms with E-state index in [9.17, 15) is 0 Å². The van der Waals surface area contributed by atoms with E-state index in [2.05, 4.69) is 91.6 Å². The minimum Gasteiger partial charge on any atom is -0.278 e. The van der Waals surface area contributed by atoms with Crippen molar-refractivity contribution in [1.29, 1.82) is 0 Å². The van der Waals surface area contributed by atoms with Crippen molar-refractivity contribution in [3.63, 3.8) is 0 Å². The molecule has 5 aromatic rings. The summed E-state index contributed by atoms with van der Waals surface area (Å²) in [6.45, 7) is 4.62. The number of hydrogen-bond acceptors (Lipinski definition) is 4. The second-order valence-electron chi connectivity index (χ2n) is 12.5. The second kappa shape index (κ2) is 8.59. The Labute approximate surface area is 246 Å². The van der Waals surface area contributed by atoms with Crippen LogP contribution in [0.5, 0.6) is 0 Å². The van der Waals surface area contributed by atoms with Gasteiger partial charge in [0.2, 0.25) is 0 Å². The zero-order chi connectivity index (χ0) is 28.0. The van der Waals surface area contributed by atoms with E-state index in [0.717, 1.165) is 23.0 Å². The first-order valence-corrected chi connectivity index (χ1v) is 14.9. The van der Waals surface area contributed by atoms with Crippen LogP contribution in [0.2, 0.25) is 0 Å². The van der Waals surface area contributed by atoms with E-state index in [1.807, 2.05) is 42.9 Å². The highest BCUT2D eigenvalue weighted by Crippen LogP contribution is 2.61. The molecule has 0 bridgehead atoms. The Kier molecular flexibility index (Phi) is 4.87. The zero-order valence-corrected chi connectivity index (χ0v) is 23.7. The molecule has 0 saturated heterocycles. The molecule has 1 fully saturated rings. The van der Waals surface area contributed by atoms with E-state index in [4.69, 9.17) is 15.0 Å². The van der Waals surface area contributed by atoms with Crippen LogP contribution < -0.4 is 4.90 Å². The van der Waals surface area contributed by atoms with Crippen LogP contribution >= 0.6 is 0 Å². The van der Waals surface area contributed by atoms with Crippen molar-refractivity contribution in [3.05, 3.63) is 149 Å². The van der Waals surface area contributed by atoms with Crippen LogP contribution in [-0.4, -0.2) is 15.0 Å². The topological polar surface area (TPSA) is 41.9 Å². The molecular weight excluding hydrogens is 512 g/mol. The average Bonchev–Trinajstić information content (AvgIpc) is 3.76. The smallest absolute Gasteiger partial charge is 0.142 e.